The van der Waals surface area contributed by atoms with Crippen LogP contribution in [0.25, 0.3) is 0 Å². The molecule has 2 atom stereocenters. The Morgan fingerprint density at radius 2 is 2.06 bits per heavy atom. The summed E-state index contributed by atoms with van der Waals surface area (Å²) in [6.07, 6.45) is 6.28. The van der Waals surface area contributed by atoms with E-state index in [0.29, 0.717) is 12.6 Å². The van der Waals surface area contributed by atoms with Crippen molar-refractivity contribution in [2.75, 3.05) is 26.2 Å². The standard InChI is InChI=1S/C15H30N2O/c1-12(2)9-16-14-8-13(4-3-7-18)10-17(11-14)15-5-6-15/h12-16,18H,3-11H2,1-2H3. The third-order valence-electron chi connectivity index (χ3n) is 4.21. The van der Waals surface area contributed by atoms with Crippen molar-refractivity contribution in [1.82, 2.24) is 10.2 Å². The molecule has 0 aromatic heterocycles. The number of aliphatic hydroxyl groups excluding tert-OH is 1. The lowest BCUT2D eigenvalue weighted by Crippen LogP contribution is -2.50. The lowest BCUT2D eigenvalue weighted by molar-refractivity contribution is 0.122. The third kappa shape index (κ3) is 4.52. The highest BCUT2D eigenvalue weighted by Gasteiger charge is 2.35. The van der Waals surface area contributed by atoms with E-state index in [2.05, 4.69) is 24.1 Å². The average Bonchev–Trinajstić information content (AvgIpc) is 3.18. The van der Waals surface area contributed by atoms with Crippen molar-refractivity contribution < 1.29 is 5.11 Å². The number of nitrogens with one attached hydrogen (secondary N) is 1. The molecule has 0 amide bonds. The van der Waals surface area contributed by atoms with Gasteiger partial charge >= 0.3 is 0 Å². The van der Waals surface area contributed by atoms with Gasteiger partial charge in [0.15, 0.2) is 0 Å². The molecule has 18 heavy (non-hydrogen) atoms. The molecule has 2 aliphatic rings. The summed E-state index contributed by atoms with van der Waals surface area (Å²) in [6.45, 7) is 8.55. The van der Waals surface area contributed by atoms with E-state index in [-0.39, 0.29) is 0 Å². The fraction of sp³-hybridized carbons (Fsp3) is 1.00. The van der Waals surface area contributed by atoms with Crippen LogP contribution in [0, 0.1) is 11.8 Å². The lowest BCUT2D eigenvalue weighted by Gasteiger charge is -2.39. The molecule has 0 aromatic rings. The molecule has 2 rings (SSSR count). The summed E-state index contributed by atoms with van der Waals surface area (Å²) in [5, 5.41) is 12.7. The van der Waals surface area contributed by atoms with Crippen molar-refractivity contribution in [1.29, 1.82) is 0 Å². The molecule has 0 spiro atoms. The highest BCUT2D eigenvalue weighted by Crippen LogP contribution is 2.32. The molecule has 2 N–H and O–H groups in total. The first-order chi connectivity index (χ1) is 8.69. The Balaban J connectivity index is 1.80. The van der Waals surface area contributed by atoms with Crippen molar-refractivity contribution >= 4 is 0 Å². The van der Waals surface area contributed by atoms with Gasteiger partial charge in [0.05, 0.1) is 0 Å². The Hall–Kier alpha value is -0.120. The second kappa shape index (κ2) is 6.88. The van der Waals surface area contributed by atoms with Crippen LogP contribution in [0.15, 0.2) is 0 Å². The molecule has 1 aliphatic heterocycles. The Labute approximate surface area is 112 Å². The summed E-state index contributed by atoms with van der Waals surface area (Å²) in [5.41, 5.74) is 0. The number of nitrogens with zero attached hydrogens (tertiary/aromatic N) is 1. The number of rotatable bonds is 7. The molecule has 2 unspecified atom stereocenters. The number of aliphatic hydroxyl groups is 1. The maximum Gasteiger partial charge on any atom is 0.0431 e. The van der Waals surface area contributed by atoms with E-state index < -0.39 is 0 Å². The maximum atomic E-state index is 9.00. The Morgan fingerprint density at radius 3 is 2.67 bits per heavy atom. The molecule has 0 radical (unpaired) electrons. The molecule has 0 aromatic carbocycles. The van der Waals surface area contributed by atoms with E-state index in [9.17, 15) is 0 Å². The molecule has 1 aliphatic carbocycles. The molecule has 0 bridgehead atoms. The van der Waals surface area contributed by atoms with Crippen LogP contribution >= 0.6 is 0 Å². The minimum absolute atomic E-state index is 0.351. The van der Waals surface area contributed by atoms with Crippen LogP contribution < -0.4 is 5.32 Å². The van der Waals surface area contributed by atoms with E-state index in [0.717, 1.165) is 30.8 Å². The second-order valence-corrected chi connectivity index (χ2v) is 6.65. The SMILES string of the molecule is CC(C)CNC1CC(CCCO)CN(C2CC2)C1. The van der Waals surface area contributed by atoms with Crippen molar-refractivity contribution in [3.8, 4) is 0 Å². The van der Waals surface area contributed by atoms with Gasteiger partial charge in [-0.15, -0.1) is 0 Å². The van der Waals surface area contributed by atoms with Crippen molar-refractivity contribution in [2.24, 2.45) is 11.8 Å². The number of likely N-dealkylation sites (tertiary alicyclic amines) is 1. The zero-order chi connectivity index (χ0) is 13.0. The zero-order valence-electron chi connectivity index (χ0n) is 12.1. The fourth-order valence-electron chi connectivity index (χ4n) is 3.12. The topological polar surface area (TPSA) is 35.5 Å². The van der Waals surface area contributed by atoms with Crippen LogP contribution in [0.1, 0.15) is 46.0 Å². The molecular weight excluding hydrogens is 224 g/mol. The van der Waals surface area contributed by atoms with Gasteiger partial charge in [-0.25, -0.2) is 0 Å². The molecule has 1 heterocycles. The highest BCUT2D eigenvalue weighted by atomic mass is 16.2. The average molecular weight is 254 g/mol. The van der Waals surface area contributed by atoms with Gasteiger partial charge in [0.25, 0.3) is 0 Å². The van der Waals surface area contributed by atoms with E-state index in [1.54, 1.807) is 0 Å². The van der Waals surface area contributed by atoms with Gasteiger partial charge in [-0.1, -0.05) is 13.8 Å². The summed E-state index contributed by atoms with van der Waals surface area (Å²) in [5.74, 6) is 1.52. The molecule has 1 saturated heterocycles. The van der Waals surface area contributed by atoms with Crippen molar-refractivity contribution in [3.05, 3.63) is 0 Å². The number of hydrogen-bond donors (Lipinski definition) is 2. The van der Waals surface area contributed by atoms with Gasteiger partial charge in [-0.3, -0.25) is 4.90 Å². The van der Waals surface area contributed by atoms with Crippen LogP contribution in [0.5, 0.6) is 0 Å². The van der Waals surface area contributed by atoms with Gasteiger partial charge in [0.2, 0.25) is 0 Å². The fourth-order valence-corrected chi connectivity index (χ4v) is 3.12. The predicted octanol–water partition coefficient (Wildman–Crippen LogP) is 1.86. The van der Waals surface area contributed by atoms with E-state index in [1.165, 1.54) is 38.8 Å². The zero-order valence-corrected chi connectivity index (χ0v) is 12.1. The molecule has 106 valence electrons. The largest absolute Gasteiger partial charge is 0.396 e. The quantitative estimate of drug-likeness (QED) is 0.728. The van der Waals surface area contributed by atoms with E-state index in [4.69, 9.17) is 5.11 Å². The molecular formula is C15H30N2O. The van der Waals surface area contributed by atoms with Crippen molar-refractivity contribution in [3.63, 3.8) is 0 Å². The van der Waals surface area contributed by atoms with E-state index in [1.807, 2.05) is 0 Å². The minimum Gasteiger partial charge on any atom is -0.396 e. The Bertz CT molecular complexity index is 241. The van der Waals surface area contributed by atoms with Crippen LogP contribution in [0.2, 0.25) is 0 Å². The summed E-state index contributed by atoms with van der Waals surface area (Å²) in [6, 6.07) is 1.55. The van der Waals surface area contributed by atoms with Crippen LogP contribution in [0.3, 0.4) is 0 Å². The lowest BCUT2D eigenvalue weighted by atomic mass is 9.90. The van der Waals surface area contributed by atoms with Gasteiger partial charge in [-0.2, -0.15) is 0 Å². The summed E-state index contributed by atoms with van der Waals surface area (Å²) in [4.78, 5) is 2.70. The van der Waals surface area contributed by atoms with Crippen molar-refractivity contribution in [2.45, 2.75) is 58.0 Å². The normalized spacial score (nSPS) is 30.0. The second-order valence-electron chi connectivity index (χ2n) is 6.65. The first-order valence-corrected chi connectivity index (χ1v) is 7.77. The summed E-state index contributed by atoms with van der Waals surface area (Å²) < 4.78 is 0. The smallest absolute Gasteiger partial charge is 0.0431 e. The third-order valence-corrected chi connectivity index (χ3v) is 4.21. The van der Waals surface area contributed by atoms with Crippen LogP contribution in [-0.4, -0.2) is 48.3 Å². The first kappa shape index (κ1) is 14.3. The molecule has 2 fully saturated rings. The predicted molar refractivity (Wildman–Crippen MR) is 75.7 cm³/mol. The van der Waals surface area contributed by atoms with Gasteiger partial charge in [0.1, 0.15) is 0 Å². The highest BCUT2D eigenvalue weighted by molar-refractivity contribution is 4.92. The van der Waals surface area contributed by atoms with Crippen LogP contribution in [0.4, 0.5) is 0 Å². The monoisotopic (exact) mass is 254 g/mol. The number of piperidine rings is 1. The Morgan fingerprint density at radius 1 is 1.28 bits per heavy atom. The Kier molecular flexibility index (Phi) is 5.46. The molecule has 3 nitrogen and oxygen atoms in total. The minimum atomic E-state index is 0.351. The van der Waals surface area contributed by atoms with E-state index >= 15 is 0 Å². The van der Waals surface area contributed by atoms with Gasteiger partial charge in [0, 0.05) is 31.8 Å². The first-order valence-electron chi connectivity index (χ1n) is 7.77. The van der Waals surface area contributed by atoms with Gasteiger partial charge in [-0.05, 0) is 50.5 Å². The molecule has 3 heteroatoms. The number of hydrogen-bond acceptors (Lipinski definition) is 3. The van der Waals surface area contributed by atoms with Gasteiger partial charge < -0.3 is 10.4 Å². The summed E-state index contributed by atoms with van der Waals surface area (Å²) in [7, 11) is 0. The summed E-state index contributed by atoms with van der Waals surface area (Å²) >= 11 is 0. The van der Waals surface area contributed by atoms with Crippen LogP contribution in [-0.2, 0) is 0 Å². The molecule has 1 saturated carbocycles. The maximum absolute atomic E-state index is 9.00.